The summed E-state index contributed by atoms with van der Waals surface area (Å²) in [5.41, 5.74) is 3.30. The van der Waals surface area contributed by atoms with Crippen molar-refractivity contribution in [2.24, 2.45) is 0 Å². The predicted molar refractivity (Wildman–Crippen MR) is 138 cm³/mol. The van der Waals surface area contributed by atoms with E-state index in [1.165, 1.54) is 6.08 Å². The molecule has 0 aromatic heterocycles. The summed E-state index contributed by atoms with van der Waals surface area (Å²) in [6, 6.07) is 11.3. The first-order valence-corrected chi connectivity index (χ1v) is 12.6. The smallest absolute Gasteiger partial charge is 0.330 e. The lowest BCUT2D eigenvalue weighted by atomic mass is 10.0. The molecule has 1 heterocycles. The number of carbonyl (C=O) groups is 1. The molecule has 0 radical (unpaired) electrons. The first-order chi connectivity index (χ1) is 17.3. The molecule has 2 aromatic rings. The molecule has 0 aliphatic carbocycles. The number of ether oxygens (including phenoxy) is 3. The third-order valence-corrected chi connectivity index (χ3v) is 6.61. The number of aliphatic hydroxyl groups is 1. The number of aryl methyl sites for hydroxylation is 1. The van der Waals surface area contributed by atoms with Crippen LogP contribution in [0, 0.1) is 12.7 Å². The SMILES string of the molecule is CCOC(=O)/C=C/c1cc(OC)ccc1[C@@H](C)OC[C@H](O)CN1CCC[C@H]1Cc1ccc(C)c(F)c1. The number of hydrogen-bond acceptors (Lipinski definition) is 6. The van der Waals surface area contributed by atoms with E-state index in [0.29, 0.717) is 24.5 Å². The lowest BCUT2D eigenvalue weighted by molar-refractivity contribution is -0.137. The zero-order chi connectivity index (χ0) is 26.1. The van der Waals surface area contributed by atoms with Crippen LogP contribution < -0.4 is 4.74 Å². The highest BCUT2D eigenvalue weighted by Crippen LogP contribution is 2.27. The van der Waals surface area contributed by atoms with E-state index in [-0.39, 0.29) is 24.6 Å². The van der Waals surface area contributed by atoms with Gasteiger partial charge in [0.2, 0.25) is 0 Å². The highest BCUT2D eigenvalue weighted by Gasteiger charge is 2.27. The zero-order valence-electron chi connectivity index (χ0n) is 21.7. The topological polar surface area (TPSA) is 68.2 Å². The van der Waals surface area contributed by atoms with Crippen LogP contribution in [-0.4, -0.2) is 61.5 Å². The molecule has 2 aromatic carbocycles. The van der Waals surface area contributed by atoms with E-state index in [4.69, 9.17) is 14.2 Å². The monoisotopic (exact) mass is 499 g/mol. The summed E-state index contributed by atoms with van der Waals surface area (Å²) in [5.74, 6) is 0.0845. The van der Waals surface area contributed by atoms with Crippen LogP contribution in [0.25, 0.3) is 6.08 Å². The van der Waals surface area contributed by atoms with Gasteiger partial charge >= 0.3 is 5.97 Å². The second-order valence-electron chi connectivity index (χ2n) is 9.29. The van der Waals surface area contributed by atoms with Crippen LogP contribution in [0.1, 0.15) is 55.0 Å². The number of hydrogen-bond donors (Lipinski definition) is 1. The minimum Gasteiger partial charge on any atom is -0.497 e. The lowest BCUT2D eigenvalue weighted by Crippen LogP contribution is -2.39. The summed E-state index contributed by atoms with van der Waals surface area (Å²) < 4.78 is 30.3. The van der Waals surface area contributed by atoms with E-state index < -0.39 is 12.1 Å². The minimum atomic E-state index is -0.653. The minimum absolute atomic E-state index is 0.172. The van der Waals surface area contributed by atoms with E-state index >= 15 is 0 Å². The molecule has 3 rings (SSSR count). The number of aliphatic hydroxyl groups excluding tert-OH is 1. The van der Waals surface area contributed by atoms with Gasteiger partial charge in [0.25, 0.3) is 0 Å². The van der Waals surface area contributed by atoms with Crippen molar-refractivity contribution in [1.29, 1.82) is 0 Å². The molecule has 1 saturated heterocycles. The number of benzene rings is 2. The molecular weight excluding hydrogens is 461 g/mol. The molecule has 0 amide bonds. The number of β-amino-alcohol motifs (C(OH)–C–C–N with tert-alkyl or cyclic N) is 1. The number of likely N-dealkylation sites (tertiary alicyclic amines) is 1. The van der Waals surface area contributed by atoms with Crippen LogP contribution >= 0.6 is 0 Å². The number of methoxy groups -OCH3 is 1. The standard InChI is InChI=1S/C29H38FNO5/c1-5-35-29(33)13-10-23-17-26(34-4)11-12-27(23)21(3)36-19-25(32)18-31-14-6-7-24(31)15-22-9-8-20(2)28(30)16-22/h8-13,16-17,21,24-25,32H,5-7,14-15,18-19H2,1-4H3/b13-10+/t21-,24+,25-/m1/s1. The maximum absolute atomic E-state index is 14.0. The molecule has 7 heteroatoms. The number of carbonyl (C=O) groups excluding carboxylic acids is 1. The van der Waals surface area contributed by atoms with Crippen LogP contribution in [0.2, 0.25) is 0 Å². The fourth-order valence-corrected chi connectivity index (χ4v) is 4.61. The van der Waals surface area contributed by atoms with Crippen LogP contribution in [0.5, 0.6) is 5.75 Å². The molecular formula is C29H38FNO5. The van der Waals surface area contributed by atoms with Gasteiger partial charge in [-0.3, -0.25) is 4.90 Å². The molecule has 0 spiro atoms. The largest absolute Gasteiger partial charge is 0.497 e. The first kappa shape index (κ1) is 27.8. The van der Waals surface area contributed by atoms with Crippen LogP contribution in [-0.2, 0) is 20.7 Å². The average Bonchev–Trinajstić information content (AvgIpc) is 3.29. The molecule has 0 saturated carbocycles. The van der Waals surface area contributed by atoms with Gasteiger partial charge in [-0.2, -0.15) is 0 Å². The molecule has 1 fully saturated rings. The molecule has 3 atom stereocenters. The van der Waals surface area contributed by atoms with Crippen molar-refractivity contribution in [3.8, 4) is 5.75 Å². The van der Waals surface area contributed by atoms with Gasteiger partial charge in [-0.1, -0.05) is 18.2 Å². The predicted octanol–water partition coefficient (Wildman–Crippen LogP) is 4.86. The van der Waals surface area contributed by atoms with Crippen molar-refractivity contribution in [2.75, 3.05) is 33.4 Å². The van der Waals surface area contributed by atoms with E-state index in [1.54, 1.807) is 33.1 Å². The Morgan fingerprint density at radius 2 is 2.08 bits per heavy atom. The number of rotatable bonds is 12. The summed E-state index contributed by atoms with van der Waals surface area (Å²) in [5, 5.41) is 10.7. The average molecular weight is 500 g/mol. The van der Waals surface area contributed by atoms with Crippen LogP contribution in [0.3, 0.4) is 0 Å². The summed E-state index contributed by atoms with van der Waals surface area (Å²) in [6.45, 7) is 7.35. The Labute approximate surface area is 213 Å². The molecule has 196 valence electrons. The van der Waals surface area contributed by atoms with Gasteiger partial charge in [0.1, 0.15) is 11.6 Å². The van der Waals surface area contributed by atoms with Gasteiger partial charge < -0.3 is 19.3 Å². The highest BCUT2D eigenvalue weighted by molar-refractivity contribution is 5.87. The number of esters is 1. The highest BCUT2D eigenvalue weighted by atomic mass is 19.1. The van der Waals surface area contributed by atoms with Crippen molar-refractivity contribution < 1.29 is 28.5 Å². The Kier molecular flexibility index (Phi) is 10.5. The number of nitrogens with zero attached hydrogens (tertiary/aromatic N) is 1. The van der Waals surface area contributed by atoms with Crippen molar-refractivity contribution in [2.45, 2.75) is 58.3 Å². The van der Waals surface area contributed by atoms with Crippen molar-refractivity contribution >= 4 is 12.0 Å². The van der Waals surface area contributed by atoms with Crippen LogP contribution in [0.15, 0.2) is 42.5 Å². The Balaban J connectivity index is 1.57. The zero-order valence-corrected chi connectivity index (χ0v) is 21.7. The van der Waals surface area contributed by atoms with E-state index in [0.717, 1.165) is 42.5 Å². The maximum Gasteiger partial charge on any atom is 0.330 e. The molecule has 1 aliphatic heterocycles. The number of halogens is 1. The van der Waals surface area contributed by atoms with Gasteiger partial charge in [0.15, 0.2) is 0 Å². The Morgan fingerprint density at radius 1 is 1.28 bits per heavy atom. The van der Waals surface area contributed by atoms with Gasteiger partial charge in [0, 0.05) is 18.7 Å². The van der Waals surface area contributed by atoms with Gasteiger partial charge in [-0.25, -0.2) is 9.18 Å². The van der Waals surface area contributed by atoms with Crippen LogP contribution in [0.4, 0.5) is 4.39 Å². The van der Waals surface area contributed by atoms with E-state index in [1.807, 2.05) is 37.3 Å². The second kappa shape index (κ2) is 13.5. The Bertz CT molecular complexity index is 1040. The van der Waals surface area contributed by atoms with Crippen molar-refractivity contribution in [3.63, 3.8) is 0 Å². The summed E-state index contributed by atoms with van der Waals surface area (Å²) >= 11 is 0. The summed E-state index contributed by atoms with van der Waals surface area (Å²) in [6.07, 6.45) is 4.97. The van der Waals surface area contributed by atoms with E-state index in [9.17, 15) is 14.3 Å². The molecule has 36 heavy (non-hydrogen) atoms. The Morgan fingerprint density at radius 3 is 2.81 bits per heavy atom. The quantitative estimate of drug-likeness (QED) is 0.332. The molecule has 0 unspecified atom stereocenters. The van der Waals surface area contributed by atoms with E-state index in [2.05, 4.69) is 4.90 Å². The third-order valence-electron chi connectivity index (χ3n) is 6.61. The third kappa shape index (κ3) is 7.88. The van der Waals surface area contributed by atoms with Gasteiger partial charge in [-0.05, 0) is 93.1 Å². The lowest BCUT2D eigenvalue weighted by Gasteiger charge is -2.27. The van der Waals surface area contributed by atoms with Gasteiger partial charge in [0.05, 0.1) is 32.5 Å². The summed E-state index contributed by atoms with van der Waals surface area (Å²) in [7, 11) is 1.59. The van der Waals surface area contributed by atoms with Crippen molar-refractivity contribution in [3.05, 3.63) is 70.5 Å². The summed E-state index contributed by atoms with van der Waals surface area (Å²) in [4.78, 5) is 14.1. The Hall–Kier alpha value is -2.74. The normalized spacial score (nSPS) is 17.9. The maximum atomic E-state index is 14.0. The second-order valence-corrected chi connectivity index (χ2v) is 9.29. The van der Waals surface area contributed by atoms with Crippen molar-refractivity contribution in [1.82, 2.24) is 4.90 Å². The van der Waals surface area contributed by atoms with Gasteiger partial charge in [-0.15, -0.1) is 0 Å². The molecule has 6 nitrogen and oxygen atoms in total. The fourth-order valence-electron chi connectivity index (χ4n) is 4.61. The molecule has 1 aliphatic rings. The first-order valence-electron chi connectivity index (χ1n) is 12.6. The molecule has 0 bridgehead atoms. The fraction of sp³-hybridized carbons (Fsp3) is 0.483. The molecule has 1 N–H and O–H groups in total.